The zero-order valence-corrected chi connectivity index (χ0v) is 10.1. The van der Waals surface area contributed by atoms with Crippen molar-refractivity contribution in [1.29, 1.82) is 0 Å². The molecule has 0 spiro atoms. The van der Waals surface area contributed by atoms with Gasteiger partial charge in [-0.25, -0.2) is 4.68 Å². The van der Waals surface area contributed by atoms with E-state index in [1.54, 1.807) is 0 Å². The van der Waals surface area contributed by atoms with Crippen LogP contribution in [0.25, 0.3) is 0 Å². The SMILES string of the molecule is CCCNCc1nnnn1CC(C)(C)C. The lowest BCUT2D eigenvalue weighted by atomic mass is 9.97. The largest absolute Gasteiger partial charge is 0.310 e. The van der Waals surface area contributed by atoms with Crippen LogP contribution in [0, 0.1) is 5.41 Å². The summed E-state index contributed by atoms with van der Waals surface area (Å²) >= 11 is 0. The van der Waals surface area contributed by atoms with E-state index in [1.165, 1.54) is 0 Å². The molecule has 0 radical (unpaired) electrons. The molecule has 0 saturated heterocycles. The zero-order valence-electron chi connectivity index (χ0n) is 10.1. The third-order valence-corrected chi connectivity index (χ3v) is 1.94. The molecule has 15 heavy (non-hydrogen) atoms. The first-order valence-corrected chi connectivity index (χ1v) is 5.48. The second kappa shape index (κ2) is 5.21. The Morgan fingerprint density at radius 3 is 2.67 bits per heavy atom. The zero-order chi connectivity index (χ0) is 11.3. The molecule has 1 aromatic rings. The van der Waals surface area contributed by atoms with Crippen LogP contribution in [0.5, 0.6) is 0 Å². The lowest BCUT2D eigenvalue weighted by molar-refractivity contribution is 0.314. The molecule has 5 nitrogen and oxygen atoms in total. The van der Waals surface area contributed by atoms with Gasteiger partial charge in [-0.05, 0) is 28.8 Å². The summed E-state index contributed by atoms with van der Waals surface area (Å²) < 4.78 is 1.88. The normalized spacial score (nSPS) is 12.0. The van der Waals surface area contributed by atoms with Crippen LogP contribution in [0.3, 0.4) is 0 Å². The highest BCUT2D eigenvalue weighted by Crippen LogP contribution is 2.15. The van der Waals surface area contributed by atoms with Gasteiger partial charge in [-0.2, -0.15) is 0 Å². The predicted molar refractivity (Wildman–Crippen MR) is 59.3 cm³/mol. The number of hydrogen-bond acceptors (Lipinski definition) is 4. The topological polar surface area (TPSA) is 55.6 Å². The van der Waals surface area contributed by atoms with Gasteiger partial charge in [0.05, 0.1) is 6.54 Å². The van der Waals surface area contributed by atoms with Crippen LogP contribution in [-0.2, 0) is 13.1 Å². The number of tetrazole rings is 1. The van der Waals surface area contributed by atoms with E-state index in [0.29, 0.717) is 0 Å². The summed E-state index contributed by atoms with van der Waals surface area (Å²) in [7, 11) is 0. The molecule has 0 aliphatic rings. The van der Waals surface area contributed by atoms with Crippen LogP contribution in [0.15, 0.2) is 0 Å². The van der Waals surface area contributed by atoms with Gasteiger partial charge in [0.1, 0.15) is 0 Å². The van der Waals surface area contributed by atoms with Crippen LogP contribution in [0.4, 0.5) is 0 Å². The van der Waals surface area contributed by atoms with Crippen molar-refractivity contribution >= 4 is 0 Å². The smallest absolute Gasteiger partial charge is 0.165 e. The van der Waals surface area contributed by atoms with Crippen LogP contribution in [0.1, 0.15) is 39.9 Å². The molecule has 1 N–H and O–H groups in total. The third kappa shape index (κ3) is 4.38. The molecule has 0 bridgehead atoms. The van der Waals surface area contributed by atoms with Gasteiger partial charge in [0.15, 0.2) is 5.82 Å². The Labute approximate surface area is 91.2 Å². The standard InChI is InChI=1S/C10H21N5/c1-5-6-11-7-9-12-13-14-15(9)8-10(2,3)4/h11H,5-8H2,1-4H3. The van der Waals surface area contributed by atoms with E-state index in [9.17, 15) is 0 Å². The molecular weight excluding hydrogens is 190 g/mol. The summed E-state index contributed by atoms with van der Waals surface area (Å²) in [5.41, 5.74) is 0.203. The molecule has 1 aromatic heterocycles. The predicted octanol–water partition coefficient (Wildman–Crippen LogP) is 1.22. The molecule has 0 aliphatic carbocycles. The molecule has 0 aliphatic heterocycles. The van der Waals surface area contributed by atoms with Crippen LogP contribution >= 0.6 is 0 Å². The molecule has 0 fully saturated rings. The van der Waals surface area contributed by atoms with Gasteiger partial charge in [-0.1, -0.05) is 27.7 Å². The molecule has 86 valence electrons. The van der Waals surface area contributed by atoms with Crippen molar-refractivity contribution in [1.82, 2.24) is 25.5 Å². The Morgan fingerprint density at radius 2 is 2.07 bits per heavy atom. The first-order chi connectivity index (χ1) is 7.03. The first-order valence-electron chi connectivity index (χ1n) is 5.48. The maximum Gasteiger partial charge on any atom is 0.165 e. The molecule has 5 heteroatoms. The summed E-state index contributed by atoms with van der Waals surface area (Å²) in [4.78, 5) is 0. The molecule has 1 rings (SSSR count). The van der Waals surface area contributed by atoms with E-state index >= 15 is 0 Å². The van der Waals surface area contributed by atoms with Crippen molar-refractivity contribution in [2.75, 3.05) is 6.54 Å². The summed E-state index contributed by atoms with van der Waals surface area (Å²) in [5.74, 6) is 0.915. The molecule has 0 aromatic carbocycles. The number of nitrogens with one attached hydrogen (secondary N) is 1. The maximum absolute atomic E-state index is 4.01. The Morgan fingerprint density at radius 1 is 1.33 bits per heavy atom. The van der Waals surface area contributed by atoms with Crippen LogP contribution in [0.2, 0.25) is 0 Å². The monoisotopic (exact) mass is 211 g/mol. The van der Waals surface area contributed by atoms with Gasteiger partial charge in [0.2, 0.25) is 0 Å². The number of rotatable bonds is 5. The second-order valence-electron chi connectivity index (χ2n) is 4.99. The average molecular weight is 211 g/mol. The van der Waals surface area contributed by atoms with E-state index < -0.39 is 0 Å². The van der Waals surface area contributed by atoms with Gasteiger partial charge >= 0.3 is 0 Å². The van der Waals surface area contributed by atoms with Gasteiger partial charge in [-0.3, -0.25) is 0 Å². The number of hydrogen-bond donors (Lipinski definition) is 1. The molecular formula is C10H21N5. The first kappa shape index (κ1) is 12.1. The van der Waals surface area contributed by atoms with E-state index in [-0.39, 0.29) is 5.41 Å². The molecule has 1 heterocycles. The third-order valence-electron chi connectivity index (χ3n) is 1.94. The van der Waals surface area contributed by atoms with E-state index in [0.717, 1.165) is 31.9 Å². The number of nitrogens with zero attached hydrogens (tertiary/aromatic N) is 4. The van der Waals surface area contributed by atoms with Crippen molar-refractivity contribution in [3.05, 3.63) is 5.82 Å². The van der Waals surface area contributed by atoms with Crippen molar-refractivity contribution in [3.63, 3.8) is 0 Å². The minimum atomic E-state index is 0.203. The summed E-state index contributed by atoms with van der Waals surface area (Å²) in [6, 6.07) is 0. The highest BCUT2D eigenvalue weighted by molar-refractivity contribution is 4.81. The molecule has 0 amide bonds. The fourth-order valence-electron chi connectivity index (χ4n) is 1.30. The van der Waals surface area contributed by atoms with Crippen molar-refractivity contribution in [2.24, 2.45) is 5.41 Å². The molecule has 0 saturated carbocycles. The van der Waals surface area contributed by atoms with Crippen LogP contribution < -0.4 is 5.32 Å². The van der Waals surface area contributed by atoms with Gasteiger partial charge in [-0.15, -0.1) is 5.10 Å². The Hall–Kier alpha value is -0.970. The summed E-state index contributed by atoms with van der Waals surface area (Å²) in [6.45, 7) is 11.3. The van der Waals surface area contributed by atoms with Crippen molar-refractivity contribution in [3.8, 4) is 0 Å². The van der Waals surface area contributed by atoms with Gasteiger partial charge in [0.25, 0.3) is 0 Å². The highest BCUT2D eigenvalue weighted by Gasteiger charge is 2.15. The van der Waals surface area contributed by atoms with Crippen molar-refractivity contribution in [2.45, 2.75) is 47.2 Å². The van der Waals surface area contributed by atoms with E-state index in [4.69, 9.17) is 0 Å². The van der Waals surface area contributed by atoms with Gasteiger partial charge in [0, 0.05) is 6.54 Å². The van der Waals surface area contributed by atoms with E-state index in [2.05, 4.69) is 48.5 Å². The Kier molecular flexibility index (Phi) is 4.20. The quantitative estimate of drug-likeness (QED) is 0.744. The fraction of sp³-hybridized carbons (Fsp3) is 0.900. The second-order valence-corrected chi connectivity index (χ2v) is 4.99. The summed E-state index contributed by atoms with van der Waals surface area (Å²) in [5, 5.41) is 15.0. The minimum absolute atomic E-state index is 0.203. The Balaban J connectivity index is 2.53. The lowest BCUT2D eigenvalue weighted by Gasteiger charge is -2.18. The Bertz CT molecular complexity index is 286. The van der Waals surface area contributed by atoms with Crippen LogP contribution in [-0.4, -0.2) is 26.8 Å². The molecule has 0 atom stereocenters. The van der Waals surface area contributed by atoms with E-state index in [1.807, 2.05) is 4.68 Å². The lowest BCUT2D eigenvalue weighted by Crippen LogP contribution is -2.22. The minimum Gasteiger partial charge on any atom is -0.310 e. The summed E-state index contributed by atoms with van der Waals surface area (Å²) in [6.07, 6.45) is 1.13. The maximum atomic E-state index is 4.01. The van der Waals surface area contributed by atoms with Gasteiger partial charge < -0.3 is 5.32 Å². The van der Waals surface area contributed by atoms with Crippen molar-refractivity contribution < 1.29 is 0 Å². The highest BCUT2D eigenvalue weighted by atomic mass is 15.5. The number of aromatic nitrogens is 4. The average Bonchev–Trinajstić information content (AvgIpc) is 2.50. The molecule has 0 unspecified atom stereocenters. The fourth-order valence-corrected chi connectivity index (χ4v) is 1.30.